The number of carbonyl (C=O) groups excluding carboxylic acids is 3. The van der Waals surface area contributed by atoms with E-state index in [9.17, 15) is 14.4 Å². The summed E-state index contributed by atoms with van der Waals surface area (Å²) in [6.45, 7) is 0. The smallest absolute Gasteiger partial charge is 0.308 e. The number of hydrogen-bond acceptors (Lipinski definition) is 6. The van der Waals surface area contributed by atoms with Crippen molar-refractivity contribution in [1.82, 2.24) is 5.32 Å². The number of nitrogens with two attached hydrogens (primary N) is 1. The minimum atomic E-state index is -0.132. The lowest BCUT2D eigenvalue weighted by Gasteiger charge is -2.27. The molecular weight excluding hydrogens is 420 g/mol. The maximum Gasteiger partial charge on any atom is 0.308 e. The summed E-state index contributed by atoms with van der Waals surface area (Å²) in [7, 11) is 2.86. The Morgan fingerprint density at radius 2 is 1.26 bits per heavy atom. The van der Waals surface area contributed by atoms with Gasteiger partial charge < -0.3 is 20.5 Å². The summed E-state index contributed by atoms with van der Waals surface area (Å²) >= 11 is 0. The van der Waals surface area contributed by atoms with Crippen molar-refractivity contribution >= 4 is 30.3 Å². The van der Waals surface area contributed by atoms with E-state index >= 15 is 0 Å². The largest absolute Gasteiger partial charge is 0.469 e. The Morgan fingerprint density at radius 1 is 0.806 bits per heavy atom. The minimum Gasteiger partial charge on any atom is -0.469 e. The molecule has 0 bridgehead atoms. The van der Waals surface area contributed by atoms with Crippen LogP contribution in [0.15, 0.2) is 30.3 Å². The predicted molar refractivity (Wildman–Crippen MR) is 121 cm³/mol. The van der Waals surface area contributed by atoms with Crippen LogP contribution in [0.4, 0.5) is 0 Å². The SMILES string of the molecule is COC(=O)C1CCC(N)CC1.COC(=O)C1CCC(NC(=O)c2ccccc2)CC1.Cl. The molecule has 0 atom stereocenters. The van der Waals surface area contributed by atoms with Gasteiger partial charge in [-0.3, -0.25) is 14.4 Å². The maximum absolute atomic E-state index is 12.0. The first-order valence-electron chi connectivity index (χ1n) is 10.7. The summed E-state index contributed by atoms with van der Waals surface area (Å²) in [6.07, 6.45) is 6.94. The molecule has 2 fully saturated rings. The van der Waals surface area contributed by atoms with Gasteiger partial charge in [-0.05, 0) is 63.5 Å². The van der Waals surface area contributed by atoms with E-state index in [1.54, 1.807) is 12.1 Å². The van der Waals surface area contributed by atoms with Crippen LogP contribution in [0.3, 0.4) is 0 Å². The van der Waals surface area contributed by atoms with Crippen molar-refractivity contribution in [2.24, 2.45) is 17.6 Å². The van der Waals surface area contributed by atoms with E-state index in [0.717, 1.165) is 51.4 Å². The number of methoxy groups -OCH3 is 2. The van der Waals surface area contributed by atoms with E-state index in [-0.39, 0.29) is 48.1 Å². The van der Waals surface area contributed by atoms with Gasteiger partial charge in [0.15, 0.2) is 0 Å². The van der Waals surface area contributed by atoms with Gasteiger partial charge in [-0.25, -0.2) is 0 Å². The lowest BCUT2D eigenvalue weighted by molar-refractivity contribution is -0.147. The Kier molecular flexibility index (Phi) is 12.2. The molecule has 0 aliphatic heterocycles. The van der Waals surface area contributed by atoms with Crippen LogP contribution in [-0.2, 0) is 19.1 Å². The van der Waals surface area contributed by atoms with Gasteiger partial charge in [-0.15, -0.1) is 12.4 Å². The summed E-state index contributed by atoms with van der Waals surface area (Å²) in [5, 5.41) is 3.02. The zero-order valence-electron chi connectivity index (χ0n) is 18.4. The van der Waals surface area contributed by atoms with E-state index in [1.807, 2.05) is 18.2 Å². The van der Waals surface area contributed by atoms with E-state index in [1.165, 1.54) is 14.2 Å². The van der Waals surface area contributed by atoms with Gasteiger partial charge in [0.2, 0.25) is 0 Å². The Bertz CT molecular complexity index is 684. The summed E-state index contributed by atoms with van der Waals surface area (Å²) in [6, 6.07) is 9.65. The highest BCUT2D eigenvalue weighted by Gasteiger charge is 2.27. The Morgan fingerprint density at radius 3 is 1.71 bits per heavy atom. The molecule has 1 amide bonds. The Balaban J connectivity index is 0.000000344. The average molecular weight is 455 g/mol. The highest BCUT2D eigenvalue weighted by molar-refractivity contribution is 5.94. The molecule has 1 aromatic rings. The second-order valence-electron chi connectivity index (χ2n) is 8.05. The summed E-state index contributed by atoms with van der Waals surface area (Å²) in [5.74, 6) is -0.137. The molecule has 2 aliphatic rings. The fourth-order valence-electron chi connectivity index (χ4n) is 4.02. The van der Waals surface area contributed by atoms with Crippen LogP contribution in [0.2, 0.25) is 0 Å². The third-order valence-corrected chi connectivity index (χ3v) is 5.94. The van der Waals surface area contributed by atoms with Gasteiger partial charge in [-0.1, -0.05) is 18.2 Å². The number of hydrogen-bond donors (Lipinski definition) is 2. The number of benzene rings is 1. The molecule has 7 nitrogen and oxygen atoms in total. The number of amides is 1. The highest BCUT2D eigenvalue weighted by Crippen LogP contribution is 2.25. The zero-order valence-corrected chi connectivity index (χ0v) is 19.2. The van der Waals surface area contributed by atoms with Crippen LogP contribution >= 0.6 is 12.4 Å². The summed E-state index contributed by atoms with van der Waals surface area (Å²) in [5.41, 5.74) is 6.36. The first-order valence-corrected chi connectivity index (χ1v) is 10.7. The quantitative estimate of drug-likeness (QED) is 0.676. The van der Waals surface area contributed by atoms with Crippen LogP contribution in [0.25, 0.3) is 0 Å². The van der Waals surface area contributed by atoms with Crippen molar-refractivity contribution in [3.8, 4) is 0 Å². The maximum atomic E-state index is 12.0. The molecule has 8 heteroatoms. The monoisotopic (exact) mass is 454 g/mol. The van der Waals surface area contributed by atoms with Crippen molar-refractivity contribution in [2.75, 3.05) is 14.2 Å². The molecule has 2 aliphatic carbocycles. The van der Waals surface area contributed by atoms with E-state index < -0.39 is 0 Å². The number of esters is 2. The predicted octanol–water partition coefficient (Wildman–Crippen LogP) is 3.25. The van der Waals surface area contributed by atoms with Crippen molar-refractivity contribution in [1.29, 1.82) is 0 Å². The first-order chi connectivity index (χ1) is 14.4. The van der Waals surface area contributed by atoms with Crippen LogP contribution in [0, 0.1) is 11.8 Å². The Hall–Kier alpha value is -2.12. The van der Waals surface area contributed by atoms with Crippen LogP contribution in [-0.4, -0.2) is 44.1 Å². The lowest BCUT2D eigenvalue weighted by Crippen LogP contribution is -2.38. The molecule has 31 heavy (non-hydrogen) atoms. The van der Waals surface area contributed by atoms with Crippen LogP contribution < -0.4 is 11.1 Å². The van der Waals surface area contributed by atoms with Gasteiger partial charge in [-0.2, -0.15) is 0 Å². The normalized spacial score (nSPS) is 25.0. The molecule has 0 saturated heterocycles. The number of ether oxygens (including phenoxy) is 2. The zero-order chi connectivity index (χ0) is 21.9. The third-order valence-electron chi connectivity index (χ3n) is 5.94. The first kappa shape index (κ1) is 26.9. The fraction of sp³-hybridized carbons (Fsp3) is 0.609. The van der Waals surface area contributed by atoms with Crippen molar-refractivity contribution in [3.63, 3.8) is 0 Å². The van der Waals surface area contributed by atoms with Gasteiger partial charge >= 0.3 is 11.9 Å². The molecule has 0 radical (unpaired) electrons. The van der Waals surface area contributed by atoms with Crippen molar-refractivity contribution < 1.29 is 23.9 Å². The van der Waals surface area contributed by atoms with Crippen LogP contribution in [0.1, 0.15) is 61.7 Å². The van der Waals surface area contributed by atoms with Crippen LogP contribution in [0.5, 0.6) is 0 Å². The van der Waals surface area contributed by atoms with E-state index in [0.29, 0.717) is 11.6 Å². The second-order valence-corrected chi connectivity index (χ2v) is 8.05. The minimum absolute atomic E-state index is 0. The number of rotatable bonds is 4. The molecule has 0 unspecified atom stereocenters. The second kappa shape index (κ2) is 14.0. The molecule has 0 aromatic heterocycles. The molecule has 3 rings (SSSR count). The third kappa shape index (κ3) is 8.87. The molecule has 0 heterocycles. The van der Waals surface area contributed by atoms with E-state index in [2.05, 4.69) is 10.1 Å². The molecular formula is C23H35ClN2O5. The van der Waals surface area contributed by atoms with Gasteiger partial charge in [0.1, 0.15) is 0 Å². The fourth-order valence-corrected chi connectivity index (χ4v) is 4.02. The lowest BCUT2D eigenvalue weighted by atomic mass is 9.86. The summed E-state index contributed by atoms with van der Waals surface area (Å²) < 4.78 is 9.39. The number of halogens is 1. The molecule has 1 aromatic carbocycles. The summed E-state index contributed by atoms with van der Waals surface area (Å²) in [4.78, 5) is 34.4. The molecule has 0 spiro atoms. The van der Waals surface area contributed by atoms with E-state index in [4.69, 9.17) is 10.5 Å². The van der Waals surface area contributed by atoms with Crippen molar-refractivity contribution in [2.45, 2.75) is 63.5 Å². The standard InChI is InChI=1S/C15H19NO3.C8H15NO2.ClH/c1-19-15(18)12-7-9-13(10-8-12)16-14(17)11-5-3-2-4-6-11;1-11-8(10)6-2-4-7(9)5-3-6;/h2-6,12-13H,7-10H2,1H3,(H,16,17);6-7H,2-5,9H2,1H3;1H. The number of nitrogens with one attached hydrogen (secondary N) is 1. The van der Waals surface area contributed by atoms with Crippen molar-refractivity contribution in [3.05, 3.63) is 35.9 Å². The highest BCUT2D eigenvalue weighted by atomic mass is 35.5. The molecule has 174 valence electrons. The van der Waals surface area contributed by atoms with Gasteiger partial charge in [0, 0.05) is 17.6 Å². The average Bonchev–Trinajstić information content (AvgIpc) is 2.80. The van der Waals surface area contributed by atoms with Gasteiger partial charge in [0.25, 0.3) is 5.91 Å². The topological polar surface area (TPSA) is 108 Å². The molecule has 2 saturated carbocycles. The van der Waals surface area contributed by atoms with Gasteiger partial charge in [0.05, 0.1) is 26.1 Å². The number of carbonyl (C=O) groups is 3. The molecule has 3 N–H and O–H groups in total. The Labute approximate surface area is 190 Å².